The van der Waals surface area contributed by atoms with Gasteiger partial charge in [-0.3, -0.25) is 9.59 Å². The van der Waals surface area contributed by atoms with Crippen LogP contribution in [-0.4, -0.2) is 28.1 Å². The fourth-order valence-corrected chi connectivity index (χ4v) is 2.48. The molecule has 0 aliphatic carbocycles. The lowest BCUT2D eigenvalue weighted by molar-refractivity contribution is -0.141. The lowest BCUT2D eigenvalue weighted by atomic mass is 10.0. The number of aliphatic carboxylic acids is 1. The van der Waals surface area contributed by atoms with E-state index < -0.39 is 23.5 Å². The summed E-state index contributed by atoms with van der Waals surface area (Å²) >= 11 is 0. The number of hydrogen-bond donors (Lipinski definition) is 3. The molecule has 0 saturated heterocycles. The molecular formula is C17H19NO6. The van der Waals surface area contributed by atoms with Crippen LogP contribution in [0.5, 0.6) is 5.75 Å². The number of rotatable bonds is 5. The van der Waals surface area contributed by atoms with Crippen LogP contribution >= 0.6 is 0 Å². The highest BCUT2D eigenvalue weighted by atomic mass is 16.4. The summed E-state index contributed by atoms with van der Waals surface area (Å²) in [4.78, 5) is 34.7. The molecular weight excluding hydrogens is 314 g/mol. The van der Waals surface area contributed by atoms with E-state index >= 15 is 0 Å². The molecule has 1 heterocycles. The summed E-state index contributed by atoms with van der Waals surface area (Å²) in [6.45, 7) is 4.77. The molecule has 7 heteroatoms. The predicted octanol–water partition coefficient (Wildman–Crippen LogP) is 1.64. The number of phenols is 1. The number of benzene rings is 1. The van der Waals surface area contributed by atoms with Gasteiger partial charge in [0.1, 0.15) is 17.4 Å². The zero-order chi connectivity index (χ0) is 18.0. The van der Waals surface area contributed by atoms with Crippen molar-refractivity contribution in [1.29, 1.82) is 0 Å². The third-order valence-corrected chi connectivity index (χ3v) is 4.03. The average molecular weight is 333 g/mol. The minimum Gasteiger partial charge on any atom is -0.508 e. The number of nitrogens with one attached hydrogen (secondary N) is 1. The average Bonchev–Trinajstić information content (AvgIpc) is 2.51. The lowest BCUT2D eigenvalue weighted by Crippen LogP contribution is -2.38. The molecule has 24 heavy (non-hydrogen) atoms. The van der Waals surface area contributed by atoms with Crippen molar-refractivity contribution in [3.8, 4) is 5.75 Å². The second-order valence-corrected chi connectivity index (χ2v) is 5.71. The highest BCUT2D eigenvalue weighted by Gasteiger charge is 2.17. The monoisotopic (exact) mass is 333 g/mol. The first-order chi connectivity index (χ1) is 11.2. The summed E-state index contributed by atoms with van der Waals surface area (Å²) in [5.74, 6) is -1.54. The first-order valence-corrected chi connectivity index (χ1v) is 7.49. The summed E-state index contributed by atoms with van der Waals surface area (Å²) in [6.07, 6.45) is 0.119. The standard InChI is InChI=1S/C17H19NO6/c1-8-11-4-6-13(19)9(2)15(11)24-17(23)12(8)5-7-14(20)18-10(3)16(21)22/h4,6,10,19H,5,7H2,1-3H3,(H,18,20)(H,21,22)/t10-/m1/s1. The van der Waals surface area contributed by atoms with Gasteiger partial charge in [0, 0.05) is 22.9 Å². The number of hydrogen-bond acceptors (Lipinski definition) is 5. The van der Waals surface area contributed by atoms with Crippen LogP contribution in [0.25, 0.3) is 11.0 Å². The summed E-state index contributed by atoms with van der Waals surface area (Å²) < 4.78 is 5.30. The molecule has 1 atom stereocenters. The highest BCUT2D eigenvalue weighted by molar-refractivity contribution is 5.86. The Labute approximate surface area is 137 Å². The Morgan fingerprint density at radius 2 is 1.92 bits per heavy atom. The van der Waals surface area contributed by atoms with E-state index in [2.05, 4.69) is 5.32 Å². The summed E-state index contributed by atoms with van der Waals surface area (Å²) in [7, 11) is 0. The molecule has 1 amide bonds. The van der Waals surface area contributed by atoms with Crippen molar-refractivity contribution in [2.75, 3.05) is 0 Å². The topological polar surface area (TPSA) is 117 Å². The molecule has 1 aromatic heterocycles. The number of fused-ring (bicyclic) bond motifs is 1. The molecule has 0 saturated carbocycles. The summed E-state index contributed by atoms with van der Waals surface area (Å²) in [6, 6.07) is 2.19. The molecule has 128 valence electrons. The van der Waals surface area contributed by atoms with Crippen LogP contribution in [0.15, 0.2) is 21.3 Å². The van der Waals surface area contributed by atoms with Crippen LogP contribution in [0.3, 0.4) is 0 Å². The molecule has 1 aromatic carbocycles. The number of carboxylic acids is 1. The third-order valence-electron chi connectivity index (χ3n) is 4.03. The van der Waals surface area contributed by atoms with E-state index in [-0.39, 0.29) is 18.6 Å². The van der Waals surface area contributed by atoms with Crippen LogP contribution in [-0.2, 0) is 16.0 Å². The lowest BCUT2D eigenvalue weighted by Gasteiger charge is -2.11. The Morgan fingerprint density at radius 3 is 2.54 bits per heavy atom. The van der Waals surface area contributed by atoms with Crippen LogP contribution in [0.4, 0.5) is 0 Å². The van der Waals surface area contributed by atoms with Crippen molar-refractivity contribution >= 4 is 22.8 Å². The van der Waals surface area contributed by atoms with Crippen molar-refractivity contribution in [3.63, 3.8) is 0 Å². The Morgan fingerprint density at radius 1 is 1.25 bits per heavy atom. The molecule has 2 aromatic rings. The highest BCUT2D eigenvalue weighted by Crippen LogP contribution is 2.28. The van der Waals surface area contributed by atoms with Gasteiger partial charge in [0.05, 0.1) is 0 Å². The molecule has 0 aliphatic rings. The van der Waals surface area contributed by atoms with Crippen molar-refractivity contribution in [3.05, 3.63) is 39.2 Å². The Bertz CT molecular complexity index is 867. The van der Waals surface area contributed by atoms with Crippen LogP contribution in [0, 0.1) is 13.8 Å². The molecule has 0 fully saturated rings. The fraction of sp³-hybridized carbons (Fsp3) is 0.353. The van der Waals surface area contributed by atoms with Crippen molar-refractivity contribution < 1.29 is 24.2 Å². The molecule has 0 bridgehead atoms. The molecule has 0 unspecified atom stereocenters. The van der Waals surface area contributed by atoms with E-state index in [9.17, 15) is 19.5 Å². The van der Waals surface area contributed by atoms with Crippen LogP contribution in [0.1, 0.15) is 30.0 Å². The van der Waals surface area contributed by atoms with Crippen molar-refractivity contribution in [2.24, 2.45) is 0 Å². The van der Waals surface area contributed by atoms with Gasteiger partial charge in [-0.1, -0.05) is 0 Å². The molecule has 7 nitrogen and oxygen atoms in total. The van der Waals surface area contributed by atoms with Gasteiger partial charge in [-0.2, -0.15) is 0 Å². The number of carbonyl (C=O) groups excluding carboxylic acids is 1. The maximum Gasteiger partial charge on any atom is 0.339 e. The largest absolute Gasteiger partial charge is 0.508 e. The van der Waals surface area contributed by atoms with Gasteiger partial charge >= 0.3 is 11.6 Å². The number of phenolic OH excluding ortho intramolecular Hbond substituents is 1. The number of aromatic hydroxyl groups is 1. The van der Waals surface area contributed by atoms with Gasteiger partial charge in [0.15, 0.2) is 0 Å². The zero-order valence-electron chi connectivity index (χ0n) is 13.7. The Balaban J connectivity index is 2.27. The molecule has 3 N–H and O–H groups in total. The van der Waals surface area contributed by atoms with Gasteiger partial charge in [-0.15, -0.1) is 0 Å². The summed E-state index contributed by atoms with van der Waals surface area (Å²) in [5.41, 5.74) is 1.29. The van der Waals surface area contributed by atoms with E-state index in [0.717, 1.165) is 0 Å². The first-order valence-electron chi connectivity index (χ1n) is 7.49. The van der Waals surface area contributed by atoms with Crippen molar-refractivity contribution in [1.82, 2.24) is 5.32 Å². The van der Waals surface area contributed by atoms with Gasteiger partial charge in [-0.05, 0) is 44.9 Å². The maximum absolute atomic E-state index is 12.2. The predicted molar refractivity (Wildman–Crippen MR) is 87.2 cm³/mol. The van der Waals surface area contributed by atoms with E-state index in [0.29, 0.717) is 27.7 Å². The third kappa shape index (κ3) is 3.40. The normalized spacial score (nSPS) is 12.1. The second-order valence-electron chi connectivity index (χ2n) is 5.71. The maximum atomic E-state index is 12.2. The molecule has 0 spiro atoms. The minimum atomic E-state index is -1.12. The van der Waals surface area contributed by atoms with Gasteiger partial charge in [-0.25, -0.2) is 4.79 Å². The smallest absolute Gasteiger partial charge is 0.339 e. The van der Waals surface area contributed by atoms with E-state index in [1.54, 1.807) is 19.9 Å². The number of carbonyl (C=O) groups is 2. The number of amides is 1. The van der Waals surface area contributed by atoms with Gasteiger partial charge in [0.2, 0.25) is 5.91 Å². The summed E-state index contributed by atoms with van der Waals surface area (Å²) in [5, 5.41) is 21.5. The molecule has 0 aliphatic heterocycles. The van der Waals surface area contributed by atoms with Crippen LogP contribution in [0.2, 0.25) is 0 Å². The molecule has 2 rings (SSSR count). The van der Waals surface area contributed by atoms with Gasteiger partial charge in [0.25, 0.3) is 0 Å². The minimum absolute atomic E-state index is 0.0220. The van der Waals surface area contributed by atoms with Gasteiger partial charge < -0.3 is 19.9 Å². The van der Waals surface area contributed by atoms with Crippen molar-refractivity contribution in [2.45, 2.75) is 39.7 Å². The number of aryl methyl sites for hydroxylation is 2. The van der Waals surface area contributed by atoms with E-state index in [1.807, 2.05) is 0 Å². The van der Waals surface area contributed by atoms with E-state index in [4.69, 9.17) is 9.52 Å². The zero-order valence-corrected chi connectivity index (χ0v) is 13.7. The van der Waals surface area contributed by atoms with Crippen LogP contribution < -0.4 is 10.9 Å². The quantitative estimate of drug-likeness (QED) is 0.716. The van der Waals surface area contributed by atoms with E-state index in [1.165, 1.54) is 13.0 Å². The second kappa shape index (κ2) is 6.74. The first kappa shape index (κ1) is 17.5. The fourth-order valence-electron chi connectivity index (χ4n) is 2.48. The number of carboxylic acid groups (broad SMARTS) is 1. The Kier molecular flexibility index (Phi) is 4.92. The molecule has 0 radical (unpaired) electrons. The Hall–Kier alpha value is -2.83. The SMILES string of the molecule is Cc1c(CCC(=O)N[C@H](C)C(=O)O)c(=O)oc2c(C)c(O)ccc12.